The third-order valence-electron chi connectivity index (χ3n) is 3.74. The molecule has 0 fully saturated rings. The van der Waals surface area contributed by atoms with Crippen molar-refractivity contribution < 1.29 is 4.74 Å². The maximum absolute atomic E-state index is 6.06. The number of aryl methyl sites for hydroxylation is 1. The van der Waals surface area contributed by atoms with Crippen LogP contribution in [-0.2, 0) is 13.2 Å². The number of anilines is 1. The molecule has 114 valence electrons. The molecule has 4 nitrogen and oxygen atoms in total. The van der Waals surface area contributed by atoms with Gasteiger partial charge in [-0.05, 0) is 30.7 Å². The molecular formula is C18H21N3O. The van der Waals surface area contributed by atoms with E-state index in [0.717, 1.165) is 42.0 Å². The highest BCUT2D eigenvalue weighted by atomic mass is 16.5. The van der Waals surface area contributed by atoms with Crippen molar-refractivity contribution in [1.82, 2.24) is 9.55 Å². The Bertz CT molecular complexity index is 750. The number of hydrogen-bond acceptors (Lipinski definition) is 3. The van der Waals surface area contributed by atoms with Crippen LogP contribution in [0, 0.1) is 0 Å². The van der Waals surface area contributed by atoms with Crippen molar-refractivity contribution in [3.8, 4) is 5.75 Å². The number of aromatic nitrogens is 2. The Morgan fingerprint density at radius 1 is 1.09 bits per heavy atom. The van der Waals surface area contributed by atoms with Gasteiger partial charge in [0.2, 0.25) is 0 Å². The SMILES string of the molecule is CCCCn1c(COc2ccccc2)nc2c(N)cccc21. The molecule has 2 aromatic carbocycles. The lowest BCUT2D eigenvalue weighted by molar-refractivity contribution is 0.289. The molecule has 0 aliphatic rings. The van der Waals surface area contributed by atoms with Gasteiger partial charge in [-0.1, -0.05) is 37.6 Å². The van der Waals surface area contributed by atoms with Crippen molar-refractivity contribution in [2.45, 2.75) is 32.9 Å². The number of nitrogens with zero attached hydrogens (tertiary/aromatic N) is 2. The van der Waals surface area contributed by atoms with Crippen molar-refractivity contribution in [2.75, 3.05) is 5.73 Å². The molecular weight excluding hydrogens is 274 g/mol. The Labute approximate surface area is 130 Å². The molecule has 0 radical (unpaired) electrons. The van der Waals surface area contributed by atoms with Gasteiger partial charge in [-0.25, -0.2) is 4.98 Å². The van der Waals surface area contributed by atoms with Crippen molar-refractivity contribution in [2.24, 2.45) is 0 Å². The van der Waals surface area contributed by atoms with E-state index >= 15 is 0 Å². The largest absolute Gasteiger partial charge is 0.486 e. The molecule has 1 heterocycles. The average molecular weight is 295 g/mol. The minimum Gasteiger partial charge on any atom is -0.486 e. The van der Waals surface area contributed by atoms with E-state index in [-0.39, 0.29) is 0 Å². The van der Waals surface area contributed by atoms with Crippen LogP contribution in [0.4, 0.5) is 5.69 Å². The highest BCUT2D eigenvalue weighted by Crippen LogP contribution is 2.23. The van der Waals surface area contributed by atoms with Crippen LogP contribution in [0.25, 0.3) is 11.0 Å². The summed E-state index contributed by atoms with van der Waals surface area (Å²) in [6.07, 6.45) is 2.25. The van der Waals surface area contributed by atoms with Gasteiger partial charge in [0.1, 0.15) is 23.7 Å². The summed E-state index contributed by atoms with van der Waals surface area (Å²) >= 11 is 0. The van der Waals surface area contributed by atoms with Crippen LogP contribution in [0.3, 0.4) is 0 Å². The zero-order valence-electron chi connectivity index (χ0n) is 12.8. The highest BCUT2D eigenvalue weighted by molar-refractivity contribution is 5.87. The molecule has 3 rings (SSSR count). The summed E-state index contributed by atoms with van der Waals surface area (Å²) in [7, 11) is 0. The van der Waals surface area contributed by atoms with E-state index in [1.54, 1.807) is 0 Å². The van der Waals surface area contributed by atoms with Gasteiger partial charge in [-0.15, -0.1) is 0 Å². The highest BCUT2D eigenvalue weighted by Gasteiger charge is 2.12. The molecule has 0 spiro atoms. The number of fused-ring (bicyclic) bond motifs is 1. The summed E-state index contributed by atoms with van der Waals surface area (Å²) in [5.74, 6) is 1.77. The fourth-order valence-electron chi connectivity index (χ4n) is 2.56. The van der Waals surface area contributed by atoms with Gasteiger partial charge in [0, 0.05) is 6.54 Å². The monoisotopic (exact) mass is 295 g/mol. The Kier molecular flexibility index (Phi) is 4.28. The van der Waals surface area contributed by atoms with E-state index in [0.29, 0.717) is 12.3 Å². The van der Waals surface area contributed by atoms with Crippen LogP contribution in [0.1, 0.15) is 25.6 Å². The van der Waals surface area contributed by atoms with Crippen LogP contribution in [0.15, 0.2) is 48.5 Å². The zero-order valence-corrected chi connectivity index (χ0v) is 12.8. The minimum absolute atomic E-state index is 0.446. The molecule has 0 saturated carbocycles. The van der Waals surface area contributed by atoms with Crippen LogP contribution in [-0.4, -0.2) is 9.55 Å². The van der Waals surface area contributed by atoms with Gasteiger partial charge >= 0.3 is 0 Å². The second-order valence-electron chi connectivity index (χ2n) is 5.35. The predicted octanol–water partition coefficient (Wildman–Crippen LogP) is 4.00. The van der Waals surface area contributed by atoms with Gasteiger partial charge in [-0.3, -0.25) is 0 Å². The quantitative estimate of drug-likeness (QED) is 0.699. The Balaban J connectivity index is 1.91. The number of unbranched alkanes of at least 4 members (excludes halogenated alkanes) is 1. The summed E-state index contributed by atoms with van der Waals surface area (Å²) in [4.78, 5) is 4.69. The van der Waals surface area contributed by atoms with E-state index in [1.807, 2.05) is 42.5 Å². The van der Waals surface area contributed by atoms with Gasteiger partial charge in [-0.2, -0.15) is 0 Å². The molecule has 0 bridgehead atoms. The van der Waals surface area contributed by atoms with E-state index in [1.165, 1.54) is 0 Å². The first kappa shape index (κ1) is 14.4. The number of ether oxygens (including phenoxy) is 1. The molecule has 0 unspecified atom stereocenters. The van der Waals surface area contributed by atoms with Crippen LogP contribution >= 0.6 is 0 Å². The molecule has 0 aliphatic heterocycles. The lowest BCUT2D eigenvalue weighted by atomic mass is 10.2. The standard InChI is InChI=1S/C18H21N3O/c1-2-3-12-21-16-11-7-10-15(19)18(16)20-17(21)13-22-14-8-5-4-6-9-14/h4-11H,2-3,12-13,19H2,1H3. The molecule has 1 aromatic heterocycles. The second kappa shape index (κ2) is 6.52. The van der Waals surface area contributed by atoms with Gasteiger partial charge in [0.25, 0.3) is 0 Å². The van der Waals surface area contributed by atoms with Crippen molar-refractivity contribution >= 4 is 16.7 Å². The number of para-hydroxylation sites is 2. The number of imidazole rings is 1. The van der Waals surface area contributed by atoms with E-state index in [9.17, 15) is 0 Å². The number of hydrogen-bond donors (Lipinski definition) is 1. The molecule has 0 aliphatic carbocycles. The predicted molar refractivity (Wildman–Crippen MR) is 89.8 cm³/mol. The lowest BCUT2D eigenvalue weighted by Crippen LogP contribution is -2.07. The summed E-state index contributed by atoms with van der Waals surface area (Å²) in [6.45, 7) is 3.57. The number of benzene rings is 2. The first-order valence-corrected chi connectivity index (χ1v) is 7.71. The second-order valence-corrected chi connectivity index (χ2v) is 5.35. The smallest absolute Gasteiger partial charge is 0.148 e. The molecule has 4 heteroatoms. The first-order chi connectivity index (χ1) is 10.8. The van der Waals surface area contributed by atoms with E-state index in [2.05, 4.69) is 17.6 Å². The zero-order chi connectivity index (χ0) is 15.4. The number of nitrogens with two attached hydrogens (primary N) is 1. The summed E-state index contributed by atoms with van der Waals surface area (Å²) in [6, 6.07) is 15.7. The topological polar surface area (TPSA) is 53.1 Å². The van der Waals surface area contributed by atoms with Gasteiger partial charge < -0.3 is 15.0 Å². The first-order valence-electron chi connectivity index (χ1n) is 7.71. The molecule has 2 N–H and O–H groups in total. The normalized spacial score (nSPS) is 11.0. The van der Waals surface area contributed by atoms with E-state index < -0.39 is 0 Å². The van der Waals surface area contributed by atoms with Gasteiger partial charge in [0.15, 0.2) is 0 Å². The molecule has 0 amide bonds. The van der Waals surface area contributed by atoms with Gasteiger partial charge in [0.05, 0.1) is 11.2 Å². The van der Waals surface area contributed by atoms with Crippen molar-refractivity contribution in [1.29, 1.82) is 0 Å². The minimum atomic E-state index is 0.446. The third kappa shape index (κ3) is 2.91. The number of nitrogen functional groups attached to an aromatic ring is 1. The summed E-state index contributed by atoms with van der Waals surface area (Å²) < 4.78 is 8.08. The Morgan fingerprint density at radius 2 is 1.91 bits per heavy atom. The lowest BCUT2D eigenvalue weighted by Gasteiger charge is -2.10. The molecule has 0 saturated heterocycles. The summed E-state index contributed by atoms with van der Waals surface area (Å²) in [5, 5.41) is 0. The van der Waals surface area contributed by atoms with Crippen molar-refractivity contribution in [3.63, 3.8) is 0 Å². The Hall–Kier alpha value is -2.49. The average Bonchev–Trinajstić information content (AvgIpc) is 2.91. The van der Waals surface area contributed by atoms with Crippen LogP contribution < -0.4 is 10.5 Å². The molecule has 0 atom stereocenters. The Morgan fingerprint density at radius 3 is 2.68 bits per heavy atom. The fourth-order valence-corrected chi connectivity index (χ4v) is 2.56. The fraction of sp³-hybridized carbons (Fsp3) is 0.278. The molecule has 22 heavy (non-hydrogen) atoms. The van der Waals surface area contributed by atoms with Crippen LogP contribution in [0.2, 0.25) is 0 Å². The maximum Gasteiger partial charge on any atom is 0.148 e. The van der Waals surface area contributed by atoms with Crippen LogP contribution in [0.5, 0.6) is 5.75 Å². The van der Waals surface area contributed by atoms with Crippen molar-refractivity contribution in [3.05, 3.63) is 54.4 Å². The van der Waals surface area contributed by atoms with E-state index in [4.69, 9.17) is 15.5 Å². The number of rotatable bonds is 6. The maximum atomic E-state index is 6.06. The molecule has 3 aromatic rings. The summed E-state index contributed by atoms with van der Waals surface area (Å²) in [5.41, 5.74) is 8.72. The third-order valence-corrected chi connectivity index (χ3v) is 3.74.